The second kappa shape index (κ2) is 9.65. The van der Waals surface area contributed by atoms with Gasteiger partial charge in [-0.15, -0.1) is 10.2 Å². The SMILES string of the molecule is COc1ccc(NC(=O)CCc2nnc(C(=O)Nc3ccc(OC)cc3)s2)cc1. The molecule has 0 aliphatic rings. The number of nitrogens with zero attached hydrogens (tertiary/aromatic N) is 2. The van der Waals surface area contributed by atoms with Crippen LogP contribution in [-0.2, 0) is 11.2 Å². The summed E-state index contributed by atoms with van der Waals surface area (Å²) in [5.41, 5.74) is 1.32. The number of aryl methyl sites for hydroxylation is 1. The molecule has 0 bridgehead atoms. The Morgan fingerprint density at radius 2 is 1.41 bits per heavy atom. The summed E-state index contributed by atoms with van der Waals surface area (Å²) in [7, 11) is 3.16. The van der Waals surface area contributed by atoms with Crippen LogP contribution in [0.2, 0.25) is 0 Å². The molecule has 0 saturated heterocycles. The Morgan fingerprint density at radius 3 is 1.97 bits per heavy atom. The number of methoxy groups -OCH3 is 2. The van der Waals surface area contributed by atoms with Gasteiger partial charge in [0.25, 0.3) is 5.91 Å². The van der Waals surface area contributed by atoms with Gasteiger partial charge in [0.05, 0.1) is 14.2 Å². The minimum absolute atomic E-state index is 0.144. The van der Waals surface area contributed by atoms with Crippen LogP contribution in [0.3, 0.4) is 0 Å². The van der Waals surface area contributed by atoms with E-state index >= 15 is 0 Å². The van der Waals surface area contributed by atoms with Crippen LogP contribution >= 0.6 is 11.3 Å². The zero-order valence-electron chi connectivity index (χ0n) is 16.0. The van der Waals surface area contributed by atoms with Gasteiger partial charge in [-0.25, -0.2) is 0 Å². The molecular formula is C20H20N4O4S. The first-order valence-corrected chi connectivity index (χ1v) is 9.60. The van der Waals surface area contributed by atoms with E-state index in [2.05, 4.69) is 20.8 Å². The molecule has 3 rings (SSSR count). The molecule has 0 saturated carbocycles. The van der Waals surface area contributed by atoms with Crippen molar-refractivity contribution in [3.8, 4) is 11.5 Å². The van der Waals surface area contributed by atoms with Gasteiger partial charge in [0.2, 0.25) is 10.9 Å². The predicted octanol–water partition coefficient (Wildman–Crippen LogP) is 3.38. The Labute approximate surface area is 171 Å². The second-order valence-electron chi connectivity index (χ2n) is 5.96. The third-order valence-electron chi connectivity index (χ3n) is 3.95. The maximum absolute atomic E-state index is 12.3. The summed E-state index contributed by atoms with van der Waals surface area (Å²) in [5, 5.41) is 14.3. The molecule has 0 unspecified atom stereocenters. The maximum atomic E-state index is 12.3. The summed E-state index contributed by atoms with van der Waals surface area (Å²) in [6.45, 7) is 0. The summed E-state index contributed by atoms with van der Waals surface area (Å²) >= 11 is 1.17. The van der Waals surface area contributed by atoms with Gasteiger partial charge in [-0.05, 0) is 48.5 Å². The van der Waals surface area contributed by atoms with Crippen molar-refractivity contribution in [2.45, 2.75) is 12.8 Å². The molecule has 3 aromatic rings. The van der Waals surface area contributed by atoms with Crippen molar-refractivity contribution in [2.24, 2.45) is 0 Å². The molecule has 2 aromatic carbocycles. The summed E-state index contributed by atoms with van der Waals surface area (Å²) in [5.74, 6) is 0.933. The first kappa shape index (κ1) is 20.3. The fraction of sp³-hybridized carbons (Fsp3) is 0.200. The lowest BCUT2D eigenvalue weighted by Gasteiger charge is -2.05. The Hall–Kier alpha value is -3.46. The number of rotatable bonds is 8. The first-order valence-electron chi connectivity index (χ1n) is 8.79. The van der Waals surface area contributed by atoms with Crippen molar-refractivity contribution >= 4 is 34.5 Å². The van der Waals surface area contributed by atoms with Crippen LogP contribution in [0.1, 0.15) is 21.2 Å². The van der Waals surface area contributed by atoms with E-state index in [1.165, 1.54) is 11.3 Å². The third kappa shape index (κ3) is 5.76. The normalized spacial score (nSPS) is 10.3. The van der Waals surface area contributed by atoms with Crippen LogP contribution in [0.25, 0.3) is 0 Å². The molecule has 1 heterocycles. The minimum atomic E-state index is -0.346. The number of nitrogens with one attached hydrogen (secondary N) is 2. The predicted molar refractivity (Wildman–Crippen MR) is 111 cm³/mol. The lowest BCUT2D eigenvalue weighted by Crippen LogP contribution is -2.12. The van der Waals surface area contributed by atoms with Gasteiger partial charge in [-0.1, -0.05) is 11.3 Å². The number of aromatic nitrogens is 2. The third-order valence-corrected chi connectivity index (χ3v) is 4.93. The molecule has 2 N–H and O–H groups in total. The number of ether oxygens (including phenoxy) is 2. The van der Waals surface area contributed by atoms with Gasteiger partial charge < -0.3 is 20.1 Å². The zero-order valence-corrected chi connectivity index (χ0v) is 16.8. The first-order chi connectivity index (χ1) is 14.1. The summed E-state index contributed by atoms with van der Waals surface area (Å²) in [6, 6.07) is 14.1. The largest absolute Gasteiger partial charge is 0.497 e. The number of hydrogen-bond donors (Lipinski definition) is 2. The monoisotopic (exact) mass is 412 g/mol. The molecule has 9 heteroatoms. The van der Waals surface area contributed by atoms with Gasteiger partial charge >= 0.3 is 0 Å². The molecule has 8 nitrogen and oxygen atoms in total. The molecule has 0 fully saturated rings. The van der Waals surface area contributed by atoms with Crippen molar-refractivity contribution < 1.29 is 19.1 Å². The molecule has 2 amide bonds. The Morgan fingerprint density at radius 1 is 0.862 bits per heavy atom. The summed E-state index contributed by atoms with van der Waals surface area (Å²) in [4.78, 5) is 24.4. The number of hydrogen-bond acceptors (Lipinski definition) is 7. The lowest BCUT2D eigenvalue weighted by atomic mass is 10.2. The Balaban J connectivity index is 1.49. The minimum Gasteiger partial charge on any atom is -0.497 e. The van der Waals surface area contributed by atoms with E-state index in [0.717, 1.165) is 5.75 Å². The summed E-state index contributed by atoms with van der Waals surface area (Å²) < 4.78 is 10.2. The average Bonchev–Trinajstić information content (AvgIpc) is 3.23. The van der Waals surface area contributed by atoms with Crippen LogP contribution < -0.4 is 20.1 Å². The van der Waals surface area contributed by atoms with Crippen LogP contribution in [0.15, 0.2) is 48.5 Å². The highest BCUT2D eigenvalue weighted by Crippen LogP contribution is 2.18. The Bertz CT molecular complexity index is 971. The molecule has 1 aromatic heterocycles. The molecule has 0 aliphatic heterocycles. The standard InChI is InChI=1S/C20H20N4O4S/c1-27-15-7-3-13(4-8-15)21-17(25)11-12-18-23-24-20(29-18)19(26)22-14-5-9-16(28-2)10-6-14/h3-10H,11-12H2,1-2H3,(H,21,25)(H,22,26). The van der Waals surface area contributed by atoms with E-state index < -0.39 is 0 Å². The zero-order chi connectivity index (χ0) is 20.6. The summed E-state index contributed by atoms with van der Waals surface area (Å²) in [6.07, 6.45) is 0.635. The fourth-order valence-electron chi connectivity index (χ4n) is 2.42. The molecule has 29 heavy (non-hydrogen) atoms. The van der Waals surface area contributed by atoms with E-state index in [-0.39, 0.29) is 23.2 Å². The molecule has 0 atom stereocenters. The van der Waals surface area contributed by atoms with Crippen molar-refractivity contribution in [2.75, 3.05) is 24.9 Å². The van der Waals surface area contributed by atoms with Crippen molar-refractivity contribution in [3.05, 3.63) is 58.5 Å². The number of benzene rings is 2. The number of anilines is 2. The number of amides is 2. The quantitative estimate of drug-likeness (QED) is 0.588. The van der Waals surface area contributed by atoms with E-state index in [1.807, 2.05) is 0 Å². The fourth-order valence-corrected chi connectivity index (χ4v) is 3.16. The topological polar surface area (TPSA) is 102 Å². The van der Waals surface area contributed by atoms with Crippen LogP contribution in [0.5, 0.6) is 11.5 Å². The molecule has 0 aliphatic carbocycles. The second-order valence-corrected chi connectivity index (χ2v) is 7.02. The van der Waals surface area contributed by atoms with E-state index in [4.69, 9.17) is 9.47 Å². The van der Waals surface area contributed by atoms with E-state index in [0.29, 0.717) is 28.6 Å². The van der Waals surface area contributed by atoms with Crippen LogP contribution in [0.4, 0.5) is 11.4 Å². The molecule has 0 radical (unpaired) electrons. The van der Waals surface area contributed by atoms with Crippen LogP contribution in [-0.4, -0.2) is 36.2 Å². The molecule has 0 spiro atoms. The lowest BCUT2D eigenvalue weighted by molar-refractivity contribution is -0.116. The van der Waals surface area contributed by atoms with Gasteiger partial charge in [0, 0.05) is 24.2 Å². The number of carbonyl (C=O) groups is 2. The Kier molecular flexibility index (Phi) is 6.75. The van der Waals surface area contributed by atoms with Crippen molar-refractivity contribution in [3.63, 3.8) is 0 Å². The van der Waals surface area contributed by atoms with Gasteiger partial charge in [0.15, 0.2) is 0 Å². The average molecular weight is 412 g/mol. The number of carbonyl (C=O) groups excluding carboxylic acids is 2. The molecular weight excluding hydrogens is 392 g/mol. The highest BCUT2D eigenvalue weighted by atomic mass is 32.1. The van der Waals surface area contributed by atoms with Gasteiger partial charge in [-0.2, -0.15) is 0 Å². The highest BCUT2D eigenvalue weighted by Gasteiger charge is 2.14. The smallest absolute Gasteiger partial charge is 0.286 e. The van der Waals surface area contributed by atoms with E-state index in [1.54, 1.807) is 62.8 Å². The van der Waals surface area contributed by atoms with Crippen molar-refractivity contribution in [1.82, 2.24) is 10.2 Å². The maximum Gasteiger partial charge on any atom is 0.286 e. The van der Waals surface area contributed by atoms with Crippen molar-refractivity contribution in [1.29, 1.82) is 0 Å². The van der Waals surface area contributed by atoms with Gasteiger partial charge in [-0.3, -0.25) is 9.59 Å². The highest BCUT2D eigenvalue weighted by molar-refractivity contribution is 7.13. The van der Waals surface area contributed by atoms with E-state index in [9.17, 15) is 9.59 Å². The molecule has 150 valence electrons. The van der Waals surface area contributed by atoms with Gasteiger partial charge in [0.1, 0.15) is 16.5 Å². The van der Waals surface area contributed by atoms with Crippen LogP contribution in [0, 0.1) is 0 Å².